The Kier molecular flexibility index (Phi) is 9.99. The quantitative estimate of drug-likeness (QED) is 0.542. The number of rotatable bonds is 10. The molecule has 16 heavy (non-hydrogen) atoms. The molecule has 0 saturated carbocycles. The monoisotopic (exact) mass is 232 g/mol. The van der Waals surface area contributed by atoms with Crippen molar-refractivity contribution in [2.24, 2.45) is 0 Å². The second-order valence-electron chi connectivity index (χ2n) is 4.57. The van der Waals surface area contributed by atoms with Crippen molar-refractivity contribution >= 4 is 0 Å². The van der Waals surface area contributed by atoms with Crippen molar-refractivity contribution in [1.29, 1.82) is 0 Å². The first-order valence-corrected chi connectivity index (χ1v) is 6.41. The molecule has 0 aliphatic carbocycles. The SMILES string of the molecule is CCCCOCC(C)OCC(C)OC(C)C. The Morgan fingerprint density at radius 3 is 2.19 bits per heavy atom. The smallest absolute Gasteiger partial charge is 0.0784 e. The molecule has 3 heteroatoms. The summed E-state index contributed by atoms with van der Waals surface area (Å²) in [5.74, 6) is 0. The van der Waals surface area contributed by atoms with E-state index in [0.29, 0.717) is 13.2 Å². The van der Waals surface area contributed by atoms with Crippen molar-refractivity contribution in [2.45, 2.75) is 65.8 Å². The van der Waals surface area contributed by atoms with Crippen LogP contribution in [0.25, 0.3) is 0 Å². The number of unbranched alkanes of at least 4 members (excludes halogenated alkanes) is 1. The summed E-state index contributed by atoms with van der Waals surface area (Å²) in [6, 6.07) is 0. The summed E-state index contributed by atoms with van der Waals surface area (Å²) in [7, 11) is 0. The van der Waals surface area contributed by atoms with Crippen LogP contribution < -0.4 is 0 Å². The summed E-state index contributed by atoms with van der Waals surface area (Å²) in [6.07, 6.45) is 2.86. The average Bonchev–Trinajstić information content (AvgIpc) is 2.20. The Bertz CT molecular complexity index is 148. The van der Waals surface area contributed by atoms with E-state index in [1.165, 1.54) is 6.42 Å². The largest absolute Gasteiger partial charge is 0.379 e. The van der Waals surface area contributed by atoms with Gasteiger partial charge in [0.05, 0.1) is 31.5 Å². The Hall–Kier alpha value is -0.120. The molecule has 0 radical (unpaired) electrons. The zero-order valence-electron chi connectivity index (χ0n) is 11.5. The van der Waals surface area contributed by atoms with Crippen molar-refractivity contribution < 1.29 is 14.2 Å². The minimum atomic E-state index is 0.148. The second-order valence-corrected chi connectivity index (χ2v) is 4.57. The highest BCUT2D eigenvalue weighted by Gasteiger charge is 2.08. The number of hydrogen-bond acceptors (Lipinski definition) is 3. The lowest BCUT2D eigenvalue weighted by Gasteiger charge is -2.19. The second kappa shape index (κ2) is 10.1. The van der Waals surface area contributed by atoms with Crippen LogP contribution >= 0.6 is 0 Å². The molecule has 2 atom stereocenters. The van der Waals surface area contributed by atoms with Crippen LogP contribution in [0.3, 0.4) is 0 Å². The van der Waals surface area contributed by atoms with Gasteiger partial charge in [0.1, 0.15) is 0 Å². The van der Waals surface area contributed by atoms with E-state index in [4.69, 9.17) is 14.2 Å². The van der Waals surface area contributed by atoms with Gasteiger partial charge in [-0.1, -0.05) is 13.3 Å². The number of hydrogen-bond donors (Lipinski definition) is 0. The molecule has 3 nitrogen and oxygen atoms in total. The van der Waals surface area contributed by atoms with E-state index in [2.05, 4.69) is 6.92 Å². The fraction of sp³-hybridized carbons (Fsp3) is 1.00. The fourth-order valence-corrected chi connectivity index (χ4v) is 1.35. The zero-order valence-corrected chi connectivity index (χ0v) is 11.5. The maximum absolute atomic E-state index is 5.63. The summed E-state index contributed by atoms with van der Waals surface area (Å²) in [5.41, 5.74) is 0. The van der Waals surface area contributed by atoms with Crippen LogP contribution in [0.15, 0.2) is 0 Å². The van der Waals surface area contributed by atoms with Crippen LogP contribution in [0.5, 0.6) is 0 Å². The van der Waals surface area contributed by atoms with Crippen LogP contribution in [-0.4, -0.2) is 38.1 Å². The van der Waals surface area contributed by atoms with Crippen molar-refractivity contribution in [3.05, 3.63) is 0 Å². The lowest BCUT2D eigenvalue weighted by atomic mass is 10.3. The van der Waals surface area contributed by atoms with Crippen molar-refractivity contribution in [1.82, 2.24) is 0 Å². The molecule has 0 aromatic heterocycles. The van der Waals surface area contributed by atoms with Gasteiger partial charge in [-0.2, -0.15) is 0 Å². The molecule has 2 unspecified atom stereocenters. The van der Waals surface area contributed by atoms with Crippen molar-refractivity contribution in [3.8, 4) is 0 Å². The molecule has 0 aromatic rings. The predicted molar refractivity (Wildman–Crippen MR) is 66.8 cm³/mol. The predicted octanol–water partition coefficient (Wildman–Crippen LogP) is 3.02. The van der Waals surface area contributed by atoms with E-state index in [1.807, 2.05) is 27.7 Å². The molecule has 0 aromatic carbocycles. The van der Waals surface area contributed by atoms with Gasteiger partial charge in [-0.15, -0.1) is 0 Å². The highest BCUT2D eigenvalue weighted by atomic mass is 16.6. The molecule has 0 amide bonds. The Morgan fingerprint density at radius 1 is 0.938 bits per heavy atom. The van der Waals surface area contributed by atoms with Crippen LogP contribution in [0.2, 0.25) is 0 Å². The molecule has 0 aliphatic heterocycles. The maximum atomic E-state index is 5.63. The molecular weight excluding hydrogens is 204 g/mol. The van der Waals surface area contributed by atoms with Crippen LogP contribution in [0, 0.1) is 0 Å². The molecular formula is C13H28O3. The first kappa shape index (κ1) is 15.9. The van der Waals surface area contributed by atoms with Gasteiger partial charge < -0.3 is 14.2 Å². The lowest BCUT2D eigenvalue weighted by Crippen LogP contribution is -2.25. The van der Waals surface area contributed by atoms with E-state index < -0.39 is 0 Å². The minimum absolute atomic E-state index is 0.148. The van der Waals surface area contributed by atoms with Crippen molar-refractivity contribution in [2.75, 3.05) is 19.8 Å². The van der Waals surface area contributed by atoms with Crippen LogP contribution in [0.1, 0.15) is 47.5 Å². The maximum Gasteiger partial charge on any atom is 0.0784 e. The summed E-state index contributed by atoms with van der Waals surface area (Å²) in [5, 5.41) is 0. The van der Waals surface area contributed by atoms with Gasteiger partial charge >= 0.3 is 0 Å². The molecule has 0 rings (SSSR count). The standard InChI is InChI=1S/C13H28O3/c1-6-7-8-14-9-12(4)15-10-13(5)16-11(2)3/h11-13H,6-10H2,1-5H3. The first-order valence-electron chi connectivity index (χ1n) is 6.41. The van der Waals surface area contributed by atoms with Gasteiger partial charge in [0.15, 0.2) is 0 Å². The normalized spacial score (nSPS) is 15.4. The average molecular weight is 232 g/mol. The summed E-state index contributed by atoms with van der Waals surface area (Å²) in [4.78, 5) is 0. The first-order chi connectivity index (χ1) is 7.56. The zero-order chi connectivity index (χ0) is 12.4. The molecule has 0 N–H and O–H groups in total. The molecule has 0 bridgehead atoms. The van der Waals surface area contributed by atoms with E-state index in [9.17, 15) is 0 Å². The molecule has 0 heterocycles. The van der Waals surface area contributed by atoms with Crippen LogP contribution in [0.4, 0.5) is 0 Å². The topological polar surface area (TPSA) is 27.7 Å². The lowest BCUT2D eigenvalue weighted by molar-refractivity contribution is -0.0715. The highest BCUT2D eigenvalue weighted by molar-refractivity contribution is 4.53. The minimum Gasteiger partial charge on any atom is -0.379 e. The van der Waals surface area contributed by atoms with Gasteiger partial charge in [0.25, 0.3) is 0 Å². The third-order valence-electron chi connectivity index (χ3n) is 2.11. The van der Waals surface area contributed by atoms with E-state index >= 15 is 0 Å². The summed E-state index contributed by atoms with van der Waals surface area (Å²) in [6.45, 7) is 12.4. The van der Waals surface area contributed by atoms with Gasteiger partial charge in [-0.05, 0) is 34.1 Å². The fourth-order valence-electron chi connectivity index (χ4n) is 1.35. The third-order valence-corrected chi connectivity index (χ3v) is 2.11. The van der Waals surface area contributed by atoms with Gasteiger partial charge in [0, 0.05) is 6.61 Å². The summed E-state index contributed by atoms with van der Waals surface area (Å²) >= 11 is 0. The molecule has 98 valence electrons. The Balaban J connectivity index is 3.38. The van der Waals surface area contributed by atoms with Gasteiger partial charge in [0.2, 0.25) is 0 Å². The molecule has 0 aliphatic rings. The Morgan fingerprint density at radius 2 is 1.62 bits per heavy atom. The number of ether oxygens (including phenoxy) is 3. The van der Waals surface area contributed by atoms with E-state index in [0.717, 1.165) is 13.0 Å². The van der Waals surface area contributed by atoms with Crippen molar-refractivity contribution in [3.63, 3.8) is 0 Å². The molecule has 0 fully saturated rings. The Labute approximate surface area is 100 Å². The van der Waals surface area contributed by atoms with E-state index in [1.54, 1.807) is 0 Å². The van der Waals surface area contributed by atoms with Crippen LogP contribution in [-0.2, 0) is 14.2 Å². The van der Waals surface area contributed by atoms with Gasteiger partial charge in [-0.25, -0.2) is 0 Å². The molecule has 0 saturated heterocycles. The molecule has 0 spiro atoms. The van der Waals surface area contributed by atoms with Gasteiger partial charge in [-0.3, -0.25) is 0 Å². The summed E-state index contributed by atoms with van der Waals surface area (Å²) < 4.78 is 16.7. The third kappa shape index (κ3) is 10.4. The highest BCUT2D eigenvalue weighted by Crippen LogP contribution is 2.01. The van der Waals surface area contributed by atoms with E-state index in [-0.39, 0.29) is 18.3 Å².